The van der Waals surface area contributed by atoms with Crippen molar-refractivity contribution in [2.75, 3.05) is 11.1 Å². The maximum absolute atomic E-state index is 13.1. The Morgan fingerprint density at radius 1 is 1.06 bits per heavy atom. The zero-order chi connectivity index (χ0) is 25.3. The summed E-state index contributed by atoms with van der Waals surface area (Å²) >= 11 is 1.54. The van der Waals surface area contributed by atoms with Crippen molar-refractivity contribution in [3.8, 4) is 17.1 Å². The number of rotatable bonds is 7. The molecule has 2 aromatic carbocycles. The van der Waals surface area contributed by atoms with E-state index in [1.165, 1.54) is 12.1 Å². The lowest BCUT2D eigenvalue weighted by atomic mass is 10.1. The monoisotopic (exact) mass is 517 g/mol. The van der Waals surface area contributed by atoms with Gasteiger partial charge in [-0.1, -0.05) is 19.1 Å². The first kappa shape index (κ1) is 23.8. The van der Waals surface area contributed by atoms with E-state index in [2.05, 4.69) is 20.4 Å². The number of hydrogen-bond acceptors (Lipinski definition) is 7. The molecule has 3 aromatic heterocycles. The number of thiazole rings is 1. The second-order valence-corrected chi connectivity index (χ2v) is 11.3. The summed E-state index contributed by atoms with van der Waals surface area (Å²) in [4.78, 5) is 22.3. The van der Waals surface area contributed by atoms with Gasteiger partial charge in [-0.3, -0.25) is 4.79 Å². The lowest BCUT2D eigenvalue weighted by Crippen LogP contribution is -2.13. The molecule has 0 spiro atoms. The van der Waals surface area contributed by atoms with Crippen molar-refractivity contribution < 1.29 is 13.2 Å². The standard InChI is InChI=1S/C26H23N5O3S2/c1-3-13-36(33,34)20-10-8-19(9-11-20)29-26(32)22-15-23(18-7-12-21-24(14-18)35-16-27-21)31(30-22)25-6-4-5-17(2)28-25/h4-12,14-16H,3,13H2,1-2H3,(H,29,32). The van der Waals surface area contributed by atoms with Crippen molar-refractivity contribution in [2.45, 2.75) is 25.2 Å². The molecule has 5 rings (SSSR count). The summed E-state index contributed by atoms with van der Waals surface area (Å²) < 4.78 is 27.2. The zero-order valence-electron chi connectivity index (χ0n) is 19.7. The normalized spacial score (nSPS) is 11.6. The molecule has 0 atom stereocenters. The minimum Gasteiger partial charge on any atom is -0.321 e. The van der Waals surface area contributed by atoms with Gasteiger partial charge >= 0.3 is 0 Å². The number of carbonyl (C=O) groups is 1. The fourth-order valence-corrected chi connectivity index (χ4v) is 5.90. The van der Waals surface area contributed by atoms with E-state index in [0.29, 0.717) is 17.9 Å². The number of pyridine rings is 1. The van der Waals surface area contributed by atoms with Gasteiger partial charge in [0.15, 0.2) is 21.3 Å². The molecule has 1 amide bonds. The number of carbonyl (C=O) groups excluding carboxylic acids is 1. The number of amides is 1. The predicted molar refractivity (Wildman–Crippen MR) is 141 cm³/mol. The summed E-state index contributed by atoms with van der Waals surface area (Å²) in [6.07, 6.45) is 0.539. The SMILES string of the molecule is CCCS(=O)(=O)c1ccc(NC(=O)c2cc(-c3ccc4ncsc4c3)n(-c3cccc(C)n3)n2)cc1. The number of aryl methyl sites for hydroxylation is 1. The number of nitrogens with zero attached hydrogens (tertiary/aromatic N) is 4. The first-order valence-electron chi connectivity index (χ1n) is 11.4. The highest BCUT2D eigenvalue weighted by Gasteiger charge is 2.19. The third-order valence-electron chi connectivity index (χ3n) is 5.60. The van der Waals surface area contributed by atoms with Crippen molar-refractivity contribution in [3.05, 3.63) is 83.6 Å². The Hall–Kier alpha value is -3.89. The average molecular weight is 518 g/mol. The van der Waals surface area contributed by atoms with E-state index in [4.69, 9.17) is 0 Å². The van der Waals surface area contributed by atoms with Crippen molar-refractivity contribution in [1.82, 2.24) is 19.7 Å². The van der Waals surface area contributed by atoms with Crippen molar-refractivity contribution in [3.63, 3.8) is 0 Å². The van der Waals surface area contributed by atoms with Crippen LogP contribution in [0.1, 0.15) is 29.5 Å². The van der Waals surface area contributed by atoms with Crippen LogP contribution >= 0.6 is 11.3 Å². The molecule has 0 fully saturated rings. The van der Waals surface area contributed by atoms with Crippen molar-refractivity contribution >= 4 is 43.0 Å². The van der Waals surface area contributed by atoms with E-state index in [1.807, 2.05) is 50.2 Å². The van der Waals surface area contributed by atoms with Crippen LogP contribution in [-0.4, -0.2) is 39.8 Å². The molecular formula is C26H23N5O3S2. The van der Waals surface area contributed by atoms with Crippen LogP contribution in [0.15, 0.2) is 77.1 Å². The number of anilines is 1. The zero-order valence-corrected chi connectivity index (χ0v) is 21.3. The van der Waals surface area contributed by atoms with Gasteiger partial charge in [0.25, 0.3) is 5.91 Å². The molecule has 10 heteroatoms. The van der Waals surface area contributed by atoms with Crippen LogP contribution in [0.4, 0.5) is 5.69 Å². The quantitative estimate of drug-likeness (QED) is 0.314. The lowest BCUT2D eigenvalue weighted by molar-refractivity contribution is 0.102. The molecule has 0 saturated carbocycles. The molecule has 0 aliphatic rings. The molecule has 0 bridgehead atoms. The van der Waals surface area contributed by atoms with Gasteiger partial charge in [0.05, 0.1) is 32.1 Å². The number of aromatic nitrogens is 4. The summed E-state index contributed by atoms with van der Waals surface area (Å²) in [5, 5.41) is 7.39. The predicted octanol–water partition coefficient (Wildman–Crippen LogP) is 5.29. The van der Waals surface area contributed by atoms with E-state index in [9.17, 15) is 13.2 Å². The van der Waals surface area contributed by atoms with Crippen LogP contribution in [0.3, 0.4) is 0 Å². The largest absolute Gasteiger partial charge is 0.321 e. The van der Waals surface area contributed by atoms with Crippen molar-refractivity contribution in [1.29, 1.82) is 0 Å². The molecule has 0 radical (unpaired) electrons. The van der Waals surface area contributed by atoms with Crippen LogP contribution in [0.5, 0.6) is 0 Å². The Balaban J connectivity index is 1.49. The molecule has 0 unspecified atom stereocenters. The van der Waals surface area contributed by atoms with E-state index >= 15 is 0 Å². The summed E-state index contributed by atoms with van der Waals surface area (Å²) in [5.41, 5.74) is 5.82. The third kappa shape index (κ3) is 4.77. The Morgan fingerprint density at radius 3 is 2.61 bits per heavy atom. The van der Waals surface area contributed by atoms with Crippen LogP contribution in [0, 0.1) is 6.92 Å². The van der Waals surface area contributed by atoms with Crippen LogP contribution < -0.4 is 5.32 Å². The summed E-state index contributed by atoms with van der Waals surface area (Å²) in [7, 11) is -3.33. The fraction of sp³-hybridized carbons (Fsp3) is 0.154. The minimum atomic E-state index is -3.33. The number of sulfone groups is 1. The Kier molecular flexibility index (Phi) is 6.38. The second-order valence-electron chi connectivity index (χ2n) is 8.30. The first-order valence-corrected chi connectivity index (χ1v) is 13.9. The molecule has 8 nitrogen and oxygen atoms in total. The van der Waals surface area contributed by atoms with Gasteiger partial charge in [0.2, 0.25) is 0 Å². The topological polar surface area (TPSA) is 107 Å². The van der Waals surface area contributed by atoms with E-state index in [0.717, 1.165) is 27.2 Å². The highest BCUT2D eigenvalue weighted by Crippen LogP contribution is 2.29. The van der Waals surface area contributed by atoms with Gasteiger partial charge in [0, 0.05) is 16.9 Å². The summed E-state index contributed by atoms with van der Waals surface area (Å²) in [6.45, 7) is 3.72. The van der Waals surface area contributed by atoms with E-state index in [1.54, 1.807) is 39.7 Å². The molecule has 36 heavy (non-hydrogen) atoms. The molecule has 0 aliphatic heterocycles. The molecule has 182 valence electrons. The van der Waals surface area contributed by atoms with E-state index in [-0.39, 0.29) is 16.3 Å². The Bertz CT molecular complexity index is 1670. The Labute approximate surface area is 212 Å². The molecular weight excluding hydrogens is 494 g/mol. The molecule has 1 N–H and O–H groups in total. The molecule has 5 aromatic rings. The maximum Gasteiger partial charge on any atom is 0.276 e. The number of benzene rings is 2. The van der Waals surface area contributed by atoms with Gasteiger partial charge in [-0.15, -0.1) is 11.3 Å². The fourth-order valence-electron chi connectivity index (χ4n) is 3.86. The summed E-state index contributed by atoms with van der Waals surface area (Å²) in [5.74, 6) is 0.267. The highest BCUT2D eigenvalue weighted by molar-refractivity contribution is 7.91. The van der Waals surface area contributed by atoms with Crippen LogP contribution in [0.2, 0.25) is 0 Å². The van der Waals surface area contributed by atoms with Crippen LogP contribution in [0.25, 0.3) is 27.3 Å². The van der Waals surface area contributed by atoms with Gasteiger partial charge in [-0.2, -0.15) is 5.10 Å². The van der Waals surface area contributed by atoms with Crippen LogP contribution in [-0.2, 0) is 9.84 Å². The van der Waals surface area contributed by atoms with Gasteiger partial charge in [-0.05, 0) is 67.9 Å². The lowest BCUT2D eigenvalue weighted by Gasteiger charge is -2.07. The van der Waals surface area contributed by atoms with Gasteiger partial charge < -0.3 is 5.32 Å². The van der Waals surface area contributed by atoms with Gasteiger partial charge in [-0.25, -0.2) is 23.1 Å². The molecule has 0 saturated heterocycles. The van der Waals surface area contributed by atoms with E-state index < -0.39 is 15.7 Å². The number of nitrogens with one attached hydrogen (secondary N) is 1. The first-order chi connectivity index (χ1) is 17.3. The average Bonchev–Trinajstić information content (AvgIpc) is 3.51. The second kappa shape index (κ2) is 9.63. The smallest absolute Gasteiger partial charge is 0.276 e. The number of hydrogen-bond donors (Lipinski definition) is 1. The summed E-state index contributed by atoms with van der Waals surface area (Å²) in [6, 6.07) is 19.4. The van der Waals surface area contributed by atoms with Gasteiger partial charge in [0.1, 0.15) is 0 Å². The maximum atomic E-state index is 13.1. The van der Waals surface area contributed by atoms with Crippen molar-refractivity contribution in [2.24, 2.45) is 0 Å². The molecule has 3 heterocycles. The number of fused-ring (bicyclic) bond motifs is 1. The molecule has 0 aliphatic carbocycles. The third-order valence-corrected chi connectivity index (χ3v) is 8.33. The highest BCUT2D eigenvalue weighted by atomic mass is 32.2. The minimum absolute atomic E-state index is 0.0826. The Morgan fingerprint density at radius 2 is 1.86 bits per heavy atom.